The van der Waals surface area contributed by atoms with Gasteiger partial charge in [-0.15, -0.1) is 0 Å². The van der Waals surface area contributed by atoms with Crippen molar-refractivity contribution >= 4 is 11.9 Å². The van der Waals surface area contributed by atoms with Gasteiger partial charge in [-0.25, -0.2) is 14.2 Å². The quantitative estimate of drug-likeness (QED) is 0.129. The first kappa shape index (κ1) is 30.0. The summed E-state index contributed by atoms with van der Waals surface area (Å²) in [5.41, 5.74) is 3.54. The van der Waals surface area contributed by atoms with Crippen LogP contribution in [0.25, 0.3) is 0 Å². The van der Waals surface area contributed by atoms with E-state index in [0.29, 0.717) is 24.4 Å². The van der Waals surface area contributed by atoms with Crippen LogP contribution in [0.3, 0.4) is 0 Å². The Labute approximate surface area is 219 Å². The number of unbranched alkanes of at least 4 members (excludes halogenated alkanes) is 2. The van der Waals surface area contributed by atoms with E-state index in [0.717, 1.165) is 42.6 Å². The average Bonchev–Trinajstić information content (AvgIpc) is 2.67. The maximum Gasteiger partial charge on any atom is 0.340 e. The number of aromatic nitrogens is 1. The van der Waals surface area contributed by atoms with E-state index in [9.17, 15) is 9.59 Å². The SMILES string of the molecule is CCCCOC(=O)C1=C(C)[NH2+]C(C)=C(C(=O)OCCCC)C1c1ccc[n+](C)c1.[I-].[I-]. The Morgan fingerprint density at radius 1 is 0.968 bits per heavy atom. The lowest BCUT2D eigenvalue weighted by Gasteiger charge is -2.26. The van der Waals surface area contributed by atoms with Gasteiger partial charge in [-0.3, -0.25) is 5.32 Å². The van der Waals surface area contributed by atoms with Crippen molar-refractivity contribution in [2.75, 3.05) is 13.2 Å². The second-order valence-electron chi connectivity index (χ2n) is 7.55. The number of nitrogens with zero attached hydrogens (tertiary/aromatic N) is 1. The van der Waals surface area contributed by atoms with Crippen LogP contribution in [0.4, 0.5) is 0 Å². The Hall–Kier alpha value is -1.01. The molecule has 1 aromatic heterocycles. The lowest BCUT2D eigenvalue weighted by molar-refractivity contribution is -0.672. The molecule has 0 saturated carbocycles. The molecule has 31 heavy (non-hydrogen) atoms. The Balaban J connectivity index is 0.00000450. The topological polar surface area (TPSA) is 73.1 Å². The van der Waals surface area contributed by atoms with E-state index >= 15 is 0 Å². The minimum Gasteiger partial charge on any atom is -1.00 e. The first-order valence-corrected chi connectivity index (χ1v) is 10.5. The molecule has 0 spiro atoms. The molecule has 2 N–H and O–H groups in total. The molecule has 0 unspecified atom stereocenters. The predicted molar refractivity (Wildman–Crippen MR) is 109 cm³/mol. The second kappa shape index (κ2) is 14.9. The molecule has 0 bridgehead atoms. The van der Waals surface area contributed by atoms with Gasteiger partial charge in [0.15, 0.2) is 12.4 Å². The van der Waals surface area contributed by atoms with Crippen LogP contribution in [-0.2, 0) is 26.1 Å². The zero-order valence-corrected chi connectivity index (χ0v) is 23.4. The number of allylic oxidation sites excluding steroid dienone is 2. The first-order valence-electron chi connectivity index (χ1n) is 10.5. The number of carbonyl (C=O) groups excluding carboxylic acids is 2. The number of esters is 2. The molecule has 0 fully saturated rings. The summed E-state index contributed by atoms with van der Waals surface area (Å²) >= 11 is 0. The summed E-state index contributed by atoms with van der Waals surface area (Å²) in [6.07, 6.45) is 7.38. The number of carbonyl (C=O) groups is 2. The van der Waals surface area contributed by atoms with Crippen molar-refractivity contribution in [3.8, 4) is 0 Å². The van der Waals surface area contributed by atoms with E-state index in [1.54, 1.807) is 0 Å². The Morgan fingerprint density at radius 3 is 1.87 bits per heavy atom. The maximum absolute atomic E-state index is 13.0. The molecular weight excluding hydrogens is 622 g/mol. The summed E-state index contributed by atoms with van der Waals surface area (Å²) in [7, 11) is 1.92. The average molecular weight is 656 g/mol. The number of pyridine rings is 1. The van der Waals surface area contributed by atoms with Gasteiger partial charge in [-0.05, 0) is 18.9 Å². The van der Waals surface area contributed by atoms with Gasteiger partial charge >= 0.3 is 11.9 Å². The number of rotatable bonds is 9. The summed E-state index contributed by atoms with van der Waals surface area (Å²) in [5.74, 6) is -1.24. The Morgan fingerprint density at radius 2 is 1.45 bits per heavy atom. The van der Waals surface area contributed by atoms with Crippen molar-refractivity contribution in [3.05, 3.63) is 52.6 Å². The van der Waals surface area contributed by atoms with Gasteiger partial charge in [-0.2, -0.15) is 0 Å². The first-order chi connectivity index (χ1) is 13.9. The van der Waals surface area contributed by atoms with Gasteiger partial charge < -0.3 is 57.4 Å². The van der Waals surface area contributed by atoms with E-state index in [4.69, 9.17) is 9.47 Å². The highest BCUT2D eigenvalue weighted by atomic mass is 127. The number of hydrogen-bond donors (Lipinski definition) is 1. The number of halogens is 2. The van der Waals surface area contributed by atoms with E-state index in [2.05, 4.69) is 13.8 Å². The van der Waals surface area contributed by atoms with Crippen LogP contribution < -0.4 is 57.8 Å². The molecule has 0 radical (unpaired) electrons. The molecule has 2 heterocycles. The number of ether oxygens (including phenoxy) is 2. The molecule has 0 aliphatic carbocycles. The van der Waals surface area contributed by atoms with Gasteiger partial charge in [0.1, 0.15) is 29.6 Å². The van der Waals surface area contributed by atoms with Crippen LogP contribution in [-0.4, -0.2) is 25.2 Å². The smallest absolute Gasteiger partial charge is 0.340 e. The molecule has 0 atom stereocenters. The number of nitrogens with two attached hydrogens (primary N) is 1. The Kier molecular flexibility index (Phi) is 14.5. The fourth-order valence-electron chi connectivity index (χ4n) is 3.53. The minimum absolute atomic E-state index is 0. The van der Waals surface area contributed by atoms with Gasteiger partial charge in [0.25, 0.3) is 0 Å². The fourth-order valence-corrected chi connectivity index (χ4v) is 3.53. The van der Waals surface area contributed by atoms with Crippen LogP contribution in [0.15, 0.2) is 47.1 Å². The van der Waals surface area contributed by atoms with Gasteiger partial charge in [0.2, 0.25) is 0 Å². The third-order valence-corrected chi connectivity index (χ3v) is 5.06. The van der Waals surface area contributed by atoms with Crippen molar-refractivity contribution in [2.45, 2.75) is 59.3 Å². The van der Waals surface area contributed by atoms with Crippen molar-refractivity contribution in [3.63, 3.8) is 0 Å². The highest BCUT2D eigenvalue weighted by Crippen LogP contribution is 2.36. The molecule has 6 nitrogen and oxygen atoms in total. The van der Waals surface area contributed by atoms with Crippen molar-refractivity contribution in [2.24, 2.45) is 7.05 Å². The number of hydrogen-bond acceptors (Lipinski definition) is 4. The third kappa shape index (κ3) is 8.12. The summed E-state index contributed by atoms with van der Waals surface area (Å²) in [4.78, 5) is 26.0. The summed E-state index contributed by atoms with van der Waals surface area (Å²) < 4.78 is 13.0. The number of quaternary nitrogens is 1. The van der Waals surface area contributed by atoms with Crippen LogP contribution in [0.1, 0.15) is 64.9 Å². The third-order valence-electron chi connectivity index (χ3n) is 5.06. The molecule has 8 heteroatoms. The predicted octanol–water partition coefficient (Wildman–Crippen LogP) is -3.59. The molecule has 174 valence electrons. The Bertz CT molecular complexity index is 778. The van der Waals surface area contributed by atoms with E-state index in [-0.39, 0.29) is 59.9 Å². The lowest BCUT2D eigenvalue weighted by Crippen LogP contribution is -3.00. The van der Waals surface area contributed by atoms with Crippen LogP contribution in [0.5, 0.6) is 0 Å². The normalized spacial score (nSPS) is 14.0. The van der Waals surface area contributed by atoms with Crippen LogP contribution in [0.2, 0.25) is 0 Å². The summed E-state index contributed by atoms with van der Waals surface area (Å²) in [5, 5.41) is 1.88. The summed E-state index contributed by atoms with van der Waals surface area (Å²) in [6, 6.07) is 3.85. The molecule has 0 amide bonds. The van der Waals surface area contributed by atoms with Gasteiger partial charge in [0.05, 0.1) is 19.1 Å². The lowest BCUT2D eigenvalue weighted by atomic mass is 9.81. The molecule has 1 aromatic rings. The molecule has 0 saturated heterocycles. The molecular formula is C23H34I2N2O4. The molecule has 1 aliphatic heterocycles. The highest BCUT2D eigenvalue weighted by molar-refractivity contribution is 5.99. The highest BCUT2D eigenvalue weighted by Gasteiger charge is 2.41. The zero-order valence-electron chi connectivity index (χ0n) is 19.0. The van der Waals surface area contributed by atoms with Crippen molar-refractivity contribution in [1.82, 2.24) is 0 Å². The van der Waals surface area contributed by atoms with Crippen LogP contribution >= 0.6 is 0 Å². The number of aryl methyl sites for hydroxylation is 1. The standard InChI is InChI=1S/C23H32N2O4.2HI/c1-6-8-13-28-22(26)19-16(3)24-17(4)20(23(27)29-14-9-7-2)21(19)18-11-10-12-25(5)15-18;;/h10-12,15,21H,6-9,13-14H2,1-5H3;2*1H. The molecule has 1 aliphatic rings. The fraction of sp³-hybridized carbons (Fsp3) is 0.522. The van der Waals surface area contributed by atoms with E-state index in [1.165, 1.54) is 0 Å². The summed E-state index contributed by atoms with van der Waals surface area (Å²) in [6.45, 7) is 8.65. The largest absolute Gasteiger partial charge is 1.00 e. The van der Waals surface area contributed by atoms with Gasteiger partial charge in [0, 0.05) is 25.5 Å². The monoisotopic (exact) mass is 656 g/mol. The second-order valence-corrected chi connectivity index (χ2v) is 7.55. The van der Waals surface area contributed by atoms with Crippen molar-refractivity contribution in [1.29, 1.82) is 0 Å². The van der Waals surface area contributed by atoms with Gasteiger partial charge in [-0.1, -0.05) is 26.7 Å². The maximum atomic E-state index is 13.0. The molecule has 0 aromatic carbocycles. The van der Waals surface area contributed by atoms with Crippen LogP contribution in [0, 0.1) is 0 Å². The zero-order chi connectivity index (χ0) is 21.4. The van der Waals surface area contributed by atoms with E-state index < -0.39 is 5.92 Å². The minimum atomic E-state index is -0.504. The van der Waals surface area contributed by atoms with Crippen molar-refractivity contribution < 1.29 is 76.9 Å². The van der Waals surface area contributed by atoms with E-state index in [1.807, 2.05) is 55.3 Å². The molecule has 2 rings (SSSR count).